The van der Waals surface area contributed by atoms with Gasteiger partial charge in [-0.1, -0.05) is 78.7 Å². The number of hydrogen-bond donors (Lipinski definition) is 1. The number of carbonyl (C=O) groups excluding carboxylic acids is 2. The average molecular weight is 659 g/mol. The molecule has 0 aliphatic heterocycles. The number of hydrogen-bond acceptors (Lipinski definition) is 4. The van der Waals surface area contributed by atoms with Crippen LogP contribution in [0.25, 0.3) is 0 Å². The van der Waals surface area contributed by atoms with E-state index < -0.39 is 51.9 Å². The van der Waals surface area contributed by atoms with E-state index in [2.05, 4.69) is 5.32 Å². The van der Waals surface area contributed by atoms with E-state index in [4.69, 9.17) is 23.2 Å². The van der Waals surface area contributed by atoms with Crippen molar-refractivity contribution in [3.8, 4) is 0 Å². The highest BCUT2D eigenvalue weighted by Gasteiger charge is 2.36. The van der Waals surface area contributed by atoms with Crippen LogP contribution in [0, 0.1) is 0 Å². The second kappa shape index (κ2) is 14.5. The molecule has 0 bridgehead atoms. The molecule has 43 heavy (non-hydrogen) atoms. The Labute approximate surface area is 259 Å². The quantitative estimate of drug-likeness (QED) is 0.247. The molecule has 13 heteroatoms. The minimum atomic E-state index is -4.79. The van der Waals surface area contributed by atoms with Crippen LogP contribution in [0.3, 0.4) is 0 Å². The summed E-state index contributed by atoms with van der Waals surface area (Å²) in [4.78, 5) is 29.0. The Morgan fingerprint density at radius 3 is 2.16 bits per heavy atom. The van der Waals surface area contributed by atoms with Crippen LogP contribution in [0.1, 0.15) is 37.0 Å². The van der Waals surface area contributed by atoms with Crippen LogP contribution in [0.15, 0.2) is 72.8 Å². The molecule has 7 nitrogen and oxygen atoms in total. The van der Waals surface area contributed by atoms with Gasteiger partial charge in [0.25, 0.3) is 0 Å². The normalized spacial score (nSPS) is 13.2. The van der Waals surface area contributed by atoms with E-state index in [0.29, 0.717) is 33.4 Å². The molecule has 0 aliphatic rings. The van der Waals surface area contributed by atoms with Gasteiger partial charge in [0, 0.05) is 24.0 Å². The molecule has 3 aromatic carbocycles. The fourth-order valence-electron chi connectivity index (χ4n) is 4.28. The number of halogens is 5. The third kappa shape index (κ3) is 9.35. The van der Waals surface area contributed by atoms with Crippen molar-refractivity contribution in [2.24, 2.45) is 0 Å². The summed E-state index contributed by atoms with van der Waals surface area (Å²) >= 11 is 12.6. The van der Waals surface area contributed by atoms with Gasteiger partial charge >= 0.3 is 6.18 Å². The standard InChI is InChI=1S/C30H32Cl2F3N3O4S/c1-4-20(2)36-29(40)27(16-21-10-6-5-7-11-21)37(18-22-12-8-9-13-24(22)31)28(39)19-38(43(3,41)42)26-17-23(30(33,34)35)14-15-25(26)32/h5-15,17,20,27H,4,16,18-19H2,1-3H3,(H,36,40)/t20-,27-/m1/s1. The second-order valence-electron chi connectivity index (χ2n) is 10.1. The van der Waals surface area contributed by atoms with Gasteiger partial charge in [-0.3, -0.25) is 13.9 Å². The van der Waals surface area contributed by atoms with Crippen molar-refractivity contribution in [2.75, 3.05) is 17.1 Å². The third-order valence-electron chi connectivity index (χ3n) is 6.79. The molecule has 0 unspecified atom stereocenters. The van der Waals surface area contributed by atoms with Crippen molar-refractivity contribution < 1.29 is 31.2 Å². The molecule has 232 valence electrons. The molecular formula is C30H32Cl2F3N3O4S. The summed E-state index contributed by atoms with van der Waals surface area (Å²) in [6, 6.07) is 16.4. The number of alkyl halides is 3. The second-order valence-corrected chi connectivity index (χ2v) is 12.8. The summed E-state index contributed by atoms with van der Waals surface area (Å²) in [6.45, 7) is 2.58. The van der Waals surface area contributed by atoms with E-state index in [1.54, 1.807) is 61.5 Å². The molecule has 0 heterocycles. The van der Waals surface area contributed by atoms with Crippen molar-refractivity contribution in [2.45, 2.75) is 51.5 Å². The summed E-state index contributed by atoms with van der Waals surface area (Å²) in [5.41, 5.74) is -0.455. The van der Waals surface area contributed by atoms with Gasteiger partial charge in [0.15, 0.2) is 0 Å². The smallest absolute Gasteiger partial charge is 0.352 e. The molecule has 0 aromatic heterocycles. The molecule has 0 spiro atoms. The van der Waals surface area contributed by atoms with Crippen LogP contribution in [-0.2, 0) is 38.8 Å². The van der Waals surface area contributed by atoms with Crippen molar-refractivity contribution >= 4 is 50.7 Å². The largest absolute Gasteiger partial charge is 0.416 e. The lowest BCUT2D eigenvalue weighted by atomic mass is 10.0. The minimum absolute atomic E-state index is 0.0719. The molecule has 3 aromatic rings. The summed E-state index contributed by atoms with van der Waals surface area (Å²) in [7, 11) is -4.33. The maximum atomic E-state index is 14.1. The predicted molar refractivity (Wildman–Crippen MR) is 162 cm³/mol. The number of benzene rings is 3. The zero-order valence-corrected chi connectivity index (χ0v) is 26.1. The number of sulfonamides is 1. The lowest BCUT2D eigenvalue weighted by Gasteiger charge is -2.34. The Balaban J connectivity index is 2.13. The van der Waals surface area contributed by atoms with Crippen LogP contribution < -0.4 is 9.62 Å². The Morgan fingerprint density at radius 2 is 1.58 bits per heavy atom. The van der Waals surface area contributed by atoms with Crippen LogP contribution in [-0.4, -0.2) is 50.0 Å². The molecule has 0 saturated heterocycles. The van der Waals surface area contributed by atoms with Crippen molar-refractivity contribution in [1.29, 1.82) is 0 Å². The van der Waals surface area contributed by atoms with E-state index in [1.807, 2.05) is 6.92 Å². The van der Waals surface area contributed by atoms with Gasteiger partial charge in [-0.05, 0) is 48.7 Å². The minimum Gasteiger partial charge on any atom is -0.352 e. The first kappa shape index (κ1) is 34.2. The molecule has 0 aliphatic carbocycles. The Morgan fingerprint density at radius 1 is 0.953 bits per heavy atom. The summed E-state index contributed by atoms with van der Waals surface area (Å²) < 4.78 is 66.9. The van der Waals surface area contributed by atoms with Crippen LogP contribution >= 0.6 is 23.2 Å². The van der Waals surface area contributed by atoms with Crippen LogP contribution in [0.2, 0.25) is 10.0 Å². The highest BCUT2D eigenvalue weighted by molar-refractivity contribution is 7.92. The van der Waals surface area contributed by atoms with Gasteiger partial charge in [-0.25, -0.2) is 8.42 Å². The fraction of sp³-hybridized carbons (Fsp3) is 0.333. The van der Waals surface area contributed by atoms with E-state index in [1.165, 1.54) is 4.90 Å². The van der Waals surface area contributed by atoms with Gasteiger partial charge in [-0.2, -0.15) is 13.2 Å². The van der Waals surface area contributed by atoms with E-state index in [-0.39, 0.29) is 24.0 Å². The van der Waals surface area contributed by atoms with Gasteiger partial charge in [-0.15, -0.1) is 0 Å². The molecular weight excluding hydrogens is 626 g/mol. The number of anilines is 1. The molecule has 0 fully saturated rings. The van der Waals surface area contributed by atoms with E-state index in [0.717, 1.165) is 17.9 Å². The molecule has 3 rings (SSSR count). The molecule has 1 N–H and O–H groups in total. The zero-order valence-electron chi connectivity index (χ0n) is 23.7. The van der Waals surface area contributed by atoms with Crippen molar-refractivity contribution in [3.63, 3.8) is 0 Å². The molecule has 2 atom stereocenters. The molecule has 2 amide bonds. The van der Waals surface area contributed by atoms with Crippen molar-refractivity contribution in [1.82, 2.24) is 10.2 Å². The van der Waals surface area contributed by atoms with Gasteiger partial charge in [0.2, 0.25) is 21.8 Å². The lowest BCUT2D eigenvalue weighted by Crippen LogP contribution is -2.54. The summed E-state index contributed by atoms with van der Waals surface area (Å²) in [5, 5.41) is 2.89. The SMILES string of the molecule is CC[C@@H](C)NC(=O)[C@@H](Cc1ccccc1)N(Cc1ccccc1Cl)C(=O)CN(c1cc(C(F)(F)F)ccc1Cl)S(C)(=O)=O. The zero-order chi connectivity index (χ0) is 31.9. The first-order valence-corrected chi connectivity index (χ1v) is 15.9. The van der Waals surface area contributed by atoms with Gasteiger partial charge < -0.3 is 10.2 Å². The highest BCUT2D eigenvalue weighted by Crippen LogP contribution is 2.36. The maximum absolute atomic E-state index is 14.1. The Hall–Kier alpha value is -3.28. The fourth-order valence-corrected chi connectivity index (χ4v) is 5.60. The number of carbonyl (C=O) groups is 2. The summed E-state index contributed by atoms with van der Waals surface area (Å²) in [6.07, 6.45) is -3.36. The van der Waals surface area contributed by atoms with Crippen LogP contribution in [0.4, 0.5) is 18.9 Å². The Kier molecular flexibility index (Phi) is 11.5. The van der Waals surface area contributed by atoms with E-state index >= 15 is 0 Å². The first-order valence-electron chi connectivity index (χ1n) is 13.3. The topological polar surface area (TPSA) is 86.8 Å². The van der Waals surface area contributed by atoms with Gasteiger partial charge in [0.05, 0.1) is 22.5 Å². The highest BCUT2D eigenvalue weighted by atomic mass is 35.5. The number of nitrogens with zero attached hydrogens (tertiary/aromatic N) is 2. The number of nitrogens with one attached hydrogen (secondary N) is 1. The number of rotatable bonds is 12. The average Bonchev–Trinajstić information content (AvgIpc) is 2.94. The maximum Gasteiger partial charge on any atom is 0.416 e. The monoisotopic (exact) mass is 657 g/mol. The van der Waals surface area contributed by atoms with Gasteiger partial charge in [0.1, 0.15) is 12.6 Å². The molecule has 0 saturated carbocycles. The predicted octanol–water partition coefficient (Wildman–Crippen LogP) is 6.33. The summed E-state index contributed by atoms with van der Waals surface area (Å²) in [5.74, 6) is -1.33. The third-order valence-corrected chi connectivity index (χ3v) is 8.61. The lowest BCUT2D eigenvalue weighted by molar-refractivity contribution is -0.140. The first-order chi connectivity index (χ1) is 20.1. The van der Waals surface area contributed by atoms with Crippen LogP contribution in [0.5, 0.6) is 0 Å². The Bertz CT molecular complexity index is 1540. The van der Waals surface area contributed by atoms with Crippen molar-refractivity contribution in [3.05, 3.63) is 99.5 Å². The molecule has 0 radical (unpaired) electrons. The van der Waals surface area contributed by atoms with E-state index in [9.17, 15) is 31.2 Å². The number of amides is 2.